The Morgan fingerprint density at radius 2 is 1.52 bits per heavy atom. The topological polar surface area (TPSA) is 112 Å². The summed E-state index contributed by atoms with van der Waals surface area (Å²) in [6.07, 6.45) is -0.417. The van der Waals surface area contributed by atoms with Gasteiger partial charge in [-0.15, -0.1) is 0 Å². The highest BCUT2D eigenvalue weighted by Crippen LogP contribution is 2.38. The van der Waals surface area contributed by atoms with E-state index in [4.69, 9.17) is 18.9 Å². The van der Waals surface area contributed by atoms with Gasteiger partial charge >= 0.3 is 11.9 Å². The van der Waals surface area contributed by atoms with Crippen molar-refractivity contribution in [3.8, 4) is 0 Å². The van der Waals surface area contributed by atoms with Crippen molar-refractivity contribution in [2.75, 3.05) is 0 Å². The highest BCUT2D eigenvalue weighted by atomic mass is 16.8. The zero-order valence-corrected chi connectivity index (χ0v) is 20.6. The zero-order chi connectivity index (χ0) is 24.3. The highest BCUT2D eigenvalue weighted by Gasteiger charge is 2.52. The minimum atomic E-state index is -1.74. The summed E-state index contributed by atoms with van der Waals surface area (Å²) < 4.78 is 22.9. The van der Waals surface area contributed by atoms with Crippen LogP contribution in [-0.2, 0) is 28.5 Å². The van der Waals surface area contributed by atoms with Gasteiger partial charge in [0.25, 0.3) is 5.79 Å². The van der Waals surface area contributed by atoms with Crippen molar-refractivity contribution in [2.24, 2.45) is 0 Å². The lowest BCUT2D eigenvalue weighted by atomic mass is 9.96. The molecule has 0 spiro atoms. The SMILES string of the molecule is CC(CC(C)(C)O)OC(=O)CCC1(C(=O)OC(C)CC(C)(C)O)OC(C)CC(C)(C)O1. The van der Waals surface area contributed by atoms with E-state index in [1.54, 1.807) is 41.5 Å². The molecule has 0 aromatic heterocycles. The molecule has 0 aromatic carbocycles. The Bertz CT molecular complexity index is 616. The van der Waals surface area contributed by atoms with Gasteiger partial charge in [-0.1, -0.05) is 0 Å². The van der Waals surface area contributed by atoms with Gasteiger partial charge < -0.3 is 29.2 Å². The molecule has 4 atom stereocenters. The fourth-order valence-electron chi connectivity index (χ4n) is 4.19. The maximum atomic E-state index is 13.1. The molecule has 0 aliphatic carbocycles. The van der Waals surface area contributed by atoms with E-state index in [0.717, 1.165) is 0 Å². The standard InChI is InChI=1S/C23H42O8/c1-15(12-20(4,5)26)28-18(24)10-11-23(30-17(3)14-22(8,9)31-23)19(25)29-16(2)13-21(6,7)27/h15-17,26-27H,10-14H2,1-9H3. The van der Waals surface area contributed by atoms with Gasteiger partial charge in [-0.3, -0.25) is 4.79 Å². The van der Waals surface area contributed by atoms with Crippen molar-refractivity contribution in [3.05, 3.63) is 0 Å². The van der Waals surface area contributed by atoms with E-state index in [2.05, 4.69) is 0 Å². The molecule has 0 saturated carbocycles. The maximum absolute atomic E-state index is 13.1. The van der Waals surface area contributed by atoms with Gasteiger partial charge in [0.05, 0.1) is 29.3 Å². The summed E-state index contributed by atoms with van der Waals surface area (Å²) >= 11 is 0. The largest absolute Gasteiger partial charge is 0.463 e. The first kappa shape index (κ1) is 27.8. The lowest BCUT2D eigenvalue weighted by Crippen LogP contribution is -2.57. The first-order valence-electron chi connectivity index (χ1n) is 11.1. The summed E-state index contributed by atoms with van der Waals surface area (Å²) in [5.74, 6) is -2.98. The zero-order valence-electron chi connectivity index (χ0n) is 20.6. The summed E-state index contributed by atoms with van der Waals surface area (Å²) in [6, 6.07) is 0. The third-order valence-electron chi connectivity index (χ3n) is 4.80. The van der Waals surface area contributed by atoms with Crippen LogP contribution < -0.4 is 0 Å². The Morgan fingerprint density at radius 1 is 1.03 bits per heavy atom. The van der Waals surface area contributed by atoms with Crippen LogP contribution >= 0.6 is 0 Å². The van der Waals surface area contributed by atoms with Crippen LogP contribution in [0.5, 0.6) is 0 Å². The number of ether oxygens (including phenoxy) is 4. The molecule has 8 heteroatoms. The van der Waals surface area contributed by atoms with E-state index in [-0.39, 0.29) is 31.8 Å². The summed E-state index contributed by atoms with van der Waals surface area (Å²) in [4.78, 5) is 25.5. The number of hydrogen-bond donors (Lipinski definition) is 2. The van der Waals surface area contributed by atoms with E-state index in [1.807, 2.05) is 20.8 Å². The third kappa shape index (κ3) is 10.3. The second-order valence-corrected chi connectivity index (χ2v) is 10.8. The normalized spacial score (nSPS) is 26.1. The summed E-state index contributed by atoms with van der Waals surface area (Å²) in [5.41, 5.74) is -2.63. The van der Waals surface area contributed by atoms with Crippen molar-refractivity contribution in [1.29, 1.82) is 0 Å². The highest BCUT2D eigenvalue weighted by molar-refractivity contribution is 5.79. The molecule has 1 aliphatic heterocycles. The van der Waals surface area contributed by atoms with Crippen molar-refractivity contribution in [1.82, 2.24) is 0 Å². The molecule has 182 valence electrons. The Kier molecular flexibility index (Phi) is 9.11. The van der Waals surface area contributed by atoms with Gasteiger partial charge in [-0.25, -0.2) is 4.79 Å². The van der Waals surface area contributed by atoms with Crippen LogP contribution in [0, 0.1) is 0 Å². The van der Waals surface area contributed by atoms with Crippen molar-refractivity contribution in [2.45, 2.75) is 135 Å². The van der Waals surface area contributed by atoms with Crippen LogP contribution in [0.1, 0.15) is 94.4 Å². The molecule has 1 fully saturated rings. The van der Waals surface area contributed by atoms with E-state index >= 15 is 0 Å². The predicted molar refractivity (Wildman–Crippen MR) is 115 cm³/mol. The molecule has 0 bridgehead atoms. The maximum Gasteiger partial charge on any atom is 0.367 e. The molecule has 31 heavy (non-hydrogen) atoms. The predicted octanol–water partition coefficient (Wildman–Crippen LogP) is 3.25. The van der Waals surface area contributed by atoms with Crippen LogP contribution in [0.15, 0.2) is 0 Å². The smallest absolute Gasteiger partial charge is 0.367 e. The summed E-state index contributed by atoms with van der Waals surface area (Å²) in [6.45, 7) is 15.5. The molecular weight excluding hydrogens is 404 g/mol. The molecule has 1 heterocycles. The van der Waals surface area contributed by atoms with Gasteiger partial charge in [-0.05, 0) is 62.3 Å². The lowest BCUT2D eigenvalue weighted by Gasteiger charge is -2.46. The van der Waals surface area contributed by atoms with Crippen LogP contribution in [0.3, 0.4) is 0 Å². The molecule has 0 amide bonds. The number of aliphatic hydroxyl groups is 2. The monoisotopic (exact) mass is 446 g/mol. The summed E-state index contributed by atoms with van der Waals surface area (Å²) in [5, 5.41) is 19.9. The van der Waals surface area contributed by atoms with Gasteiger partial charge in [-0.2, -0.15) is 0 Å². The van der Waals surface area contributed by atoms with Crippen LogP contribution in [0.4, 0.5) is 0 Å². The van der Waals surface area contributed by atoms with Crippen molar-refractivity contribution in [3.63, 3.8) is 0 Å². The average Bonchev–Trinajstić information content (AvgIpc) is 2.46. The third-order valence-corrected chi connectivity index (χ3v) is 4.80. The Hall–Kier alpha value is -1.22. The van der Waals surface area contributed by atoms with E-state index in [9.17, 15) is 19.8 Å². The number of rotatable bonds is 10. The number of hydrogen-bond acceptors (Lipinski definition) is 8. The molecule has 8 nitrogen and oxygen atoms in total. The lowest BCUT2D eigenvalue weighted by molar-refractivity contribution is -0.334. The van der Waals surface area contributed by atoms with Gasteiger partial charge in [0.1, 0.15) is 12.2 Å². The molecule has 0 aromatic rings. The molecular formula is C23H42O8. The van der Waals surface area contributed by atoms with Gasteiger partial charge in [0.15, 0.2) is 0 Å². The molecule has 1 rings (SSSR count). The molecule has 0 radical (unpaired) electrons. The minimum Gasteiger partial charge on any atom is -0.463 e. The molecule has 4 unspecified atom stereocenters. The average molecular weight is 447 g/mol. The van der Waals surface area contributed by atoms with E-state index < -0.39 is 46.7 Å². The first-order chi connectivity index (χ1) is 13.8. The van der Waals surface area contributed by atoms with Crippen LogP contribution in [-0.4, -0.2) is 63.1 Å². The first-order valence-corrected chi connectivity index (χ1v) is 11.1. The van der Waals surface area contributed by atoms with Crippen molar-refractivity contribution >= 4 is 11.9 Å². The number of carbonyl (C=O) groups is 2. The minimum absolute atomic E-state index is 0.0666. The second-order valence-electron chi connectivity index (χ2n) is 10.8. The quantitative estimate of drug-likeness (QED) is 0.492. The fraction of sp³-hybridized carbons (Fsp3) is 0.913. The van der Waals surface area contributed by atoms with Crippen LogP contribution in [0.2, 0.25) is 0 Å². The van der Waals surface area contributed by atoms with E-state index in [0.29, 0.717) is 6.42 Å². The Morgan fingerprint density at radius 3 is 1.97 bits per heavy atom. The number of carbonyl (C=O) groups excluding carboxylic acids is 2. The second kappa shape index (κ2) is 10.1. The fourth-order valence-corrected chi connectivity index (χ4v) is 4.19. The Labute approximate surface area is 186 Å². The summed E-state index contributed by atoms with van der Waals surface area (Å²) in [7, 11) is 0. The Balaban J connectivity index is 2.92. The van der Waals surface area contributed by atoms with Gasteiger partial charge in [0.2, 0.25) is 0 Å². The number of esters is 2. The van der Waals surface area contributed by atoms with Crippen molar-refractivity contribution < 1.29 is 38.7 Å². The van der Waals surface area contributed by atoms with Crippen LogP contribution in [0.25, 0.3) is 0 Å². The molecule has 2 N–H and O–H groups in total. The molecule has 1 aliphatic rings. The van der Waals surface area contributed by atoms with E-state index in [1.165, 1.54) is 0 Å². The van der Waals surface area contributed by atoms with Gasteiger partial charge in [0, 0.05) is 25.7 Å². The molecule has 1 saturated heterocycles.